The van der Waals surface area contributed by atoms with Crippen molar-refractivity contribution in [3.63, 3.8) is 0 Å². The predicted octanol–water partition coefficient (Wildman–Crippen LogP) is 3.52. The number of rotatable bonds is 5. The summed E-state index contributed by atoms with van der Waals surface area (Å²) in [4.78, 5) is 40.8. The zero-order valence-electron chi connectivity index (χ0n) is 15.9. The zero-order valence-corrected chi connectivity index (χ0v) is 16.7. The van der Waals surface area contributed by atoms with E-state index in [1.54, 1.807) is 35.8 Å². The van der Waals surface area contributed by atoms with Crippen LogP contribution in [-0.2, 0) is 16.1 Å². The number of carbonyl (C=O) groups is 3. The molecule has 1 aromatic heterocycles. The Labute approximate surface area is 166 Å². The van der Waals surface area contributed by atoms with Gasteiger partial charge >= 0.3 is 5.97 Å². The molecule has 0 aliphatic carbocycles. The predicted molar refractivity (Wildman–Crippen MR) is 108 cm³/mol. The first-order chi connectivity index (χ1) is 13.4. The highest BCUT2D eigenvalue weighted by Crippen LogP contribution is 2.21. The van der Waals surface area contributed by atoms with Gasteiger partial charge in [0.1, 0.15) is 6.54 Å². The summed E-state index contributed by atoms with van der Waals surface area (Å²) in [6.45, 7) is 5.43. The maximum Gasteiger partial charge on any atom is 0.326 e. The third-order valence-electron chi connectivity index (χ3n) is 4.23. The number of thiazole rings is 1. The van der Waals surface area contributed by atoms with E-state index in [2.05, 4.69) is 4.99 Å². The lowest BCUT2D eigenvalue weighted by Crippen LogP contribution is -2.23. The van der Waals surface area contributed by atoms with Crippen LogP contribution in [0.4, 0.5) is 0 Å². The van der Waals surface area contributed by atoms with Gasteiger partial charge in [-0.05, 0) is 44.5 Å². The molecule has 0 fully saturated rings. The molecule has 0 atom stereocenters. The lowest BCUT2D eigenvalue weighted by atomic mass is 10.1. The van der Waals surface area contributed by atoms with E-state index in [1.807, 2.05) is 25.1 Å². The Kier molecular flexibility index (Phi) is 5.84. The van der Waals surface area contributed by atoms with E-state index in [1.165, 1.54) is 18.3 Å². The number of esters is 1. The maximum absolute atomic E-state index is 12.6. The van der Waals surface area contributed by atoms with Gasteiger partial charge in [0.05, 0.1) is 16.8 Å². The molecule has 0 bridgehead atoms. The summed E-state index contributed by atoms with van der Waals surface area (Å²) in [5, 5.41) is 0. The van der Waals surface area contributed by atoms with Crippen LogP contribution < -0.4 is 4.80 Å². The highest BCUT2D eigenvalue weighted by atomic mass is 32.1. The van der Waals surface area contributed by atoms with Crippen LogP contribution in [0.15, 0.2) is 47.5 Å². The van der Waals surface area contributed by atoms with Crippen LogP contribution in [0.1, 0.15) is 40.1 Å². The summed E-state index contributed by atoms with van der Waals surface area (Å²) in [5.41, 5.74) is 2.75. The number of ether oxygens (including phenoxy) is 1. The maximum atomic E-state index is 12.6. The molecule has 28 heavy (non-hydrogen) atoms. The monoisotopic (exact) mass is 396 g/mol. The Balaban J connectivity index is 2.07. The fourth-order valence-corrected chi connectivity index (χ4v) is 3.98. The topological polar surface area (TPSA) is 77.7 Å². The van der Waals surface area contributed by atoms with Crippen molar-refractivity contribution in [3.05, 3.63) is 64.0 Å². The molecule has 2 aromatic carbocycles. The molecule has 7 heteroatoms. The first-order valence-electron chi connectivity index (χ1n) is 8.85. The van der Waals surface area contributed by atoms with Gasteiger partial charge in [-0.25, -0.2) is 0 Å². The largest absolute Gasteiger partial charge is 0.465 e. The van der Waals surface area contributed by atoms with Crippen molar-refractivity contribution in [2.45, 2.75) is 27.3 Å². The number of carbonyl (C=O) groups excluding carboxylic acids is 3. The molecule has 0 aliphatic rings. The van der Waals surface area contributed by atoms with Gasteiger partial charge < -0.3 is 9.30 Å². The third kappa shape index (κ3) is 4.09. The van der Waals surface area contributed by atoms with Crippen molar-refractivity contribution in [2.75, 3.05) is 6.61 Å². The molecule has 3 rings (SSSR count). The van der Waals surface area contributed by atoms with Gasteiger partial charge in [0, 0.05) is 11.1 Å². The lowest BCUT2D eigenvalue weighted by Gasteiger charge is -2.06. The summed E-state index contributed by atoms with van der Waals surface area (Å²) < 4.78 is 7.72. The summed E-state index contributed by atoms with van der Waals surface area (Å²) in [7, 11) is 0. The van der Waals surface area contributed by atoms with E-state index in [0.29, 0.717) is 15.9 Å². The molecule has 0 aliphatic heterocycles. The molecule has 0 saturated carbocycles. The van der Waals surface area contributed by atoms with E-state index in [-0.39, 0.29) is 24.9 Å². The Bertz CT molecular complexity index is 1120. The smallest absolute Gasteiger partial charge is 0.326 e. The highest BCUT2D eigenvalue weighted by molar-refractivity contribution is 7.16. The number of Topliss-reactive ketones (excluding diaryl/α,β-unsaturated/α-hetero) is 1. The summed E-state index contributed by atoms with van der Waals surface area (Å²) in [6.07, 6.45) is 0. The van der Waals surface area contributed by atoms with Crippen LogP contribution in [0.2, 0.25) is 0 Å². The number of aromatic nitrogens is 1. The van der Waals surface area contributed by atoms with Crippen molar-refractivity contribution in [1.82, 2.24) is 4.57 Å². The van der Waals surface area contributed by atoms with Gasteiger partial charge in [0.15, 0.2) is 10.6 Å². The molecule has 144 valence electrons. The van der Waals surface area contributed by atoms with Crippen molar-refractivity contribution in [3.8, 4) is 0 Å². The van der Waals surface area contributed by atoms with Gasteiger partial charge in [-0.15, -0.1) is 0 Å². The Morgan fingerprint density at radius 2 is 1.75 bits per heavy atom. The number of benzene rings is 2. The van der Waals surface area contributed by atoms with Crippen LogP contribution in [0.5, 0.6) is 0 Å². The van der Waals surface area contributed by atoms with Gasteiger partial charge in [0.2, 0.25) is 0 Å². The second kappa shape index (κ2) is 8.31. The van der Waals surface area contributed by atoms with Crippen LogP contribution in [0.3, 0.4) is 0 Å². The second-order valence-corrected chi connectivity index (χ2v) is 7.26. The van der Waals surface area contributed by atoms with Gasteiger partial charge in [-0.2, -0.15) is 4.99 Å². The standard InChI is InChI=1S/C21H20N2O4S/c1-4-27-18(25)12-23-19-13(2)6-5-7-17(19)28-21(23)22-20(26)16-10-8-15(9-11-16)14(3)24/h5-11H,4,12H2,1-3H3. The summed E-state index contributed by atoms with van der Waals surface area (Å²) >= 11 is 1.34. The van der Waals surface area contributed by atoms with Crippen LogP contribution in [0, 0.1) is 6.92 Å². The average Bonchev–Trinajstić information content (AvgIpc) is 3.00. The van der Waals surface area contributed by atoms with Crippen LogP contribution in [0.25, 0.3) is 10.2 Å². The van der Waals surface area contributed by atoms with Crippen LogP contribution in [-0.4, -0.2) is 28.8 Å². The van der Waals surface area contributed by atoms with Crippen molar-refractivity contribution >= 4 is 39.2 Å². The van der Waals surface area contributed by atoms with E-state index in [4.69, 9.17) is 4.74 Å². The average molecular weight is 396 g/mol. The SMILES string of the molecule is CCOC(=O)Cn1c(=NC(=O)c2ccc(C(C)=O)cc2)sc2cccc(C)c21. The molecular weight excluding hydrogens is 376 g/mol. The fourth-order valence-electron chi connectivity index (χ4n) is 2.87. The quantitative estimate of drug-likeness (QED) is 0.488. The molecule has 1 amide bonds. The van der Waals surface area contributed by atoms with Crippen molar-refractivity contribution in [1.29, 1.82) is 0 Å². The molecule has 6 nitrogen and oxygen atoms in total. The van der Waals surface area contributed by atoms with Gasteiger partial charge in [0.25, 0.3) is 5.91 Å². The van der Waals surface area contributed by atoms with E-state index >= 15 is 0 Å². The Morgan fingerprint density at radius 1 is 1.07 bits per heavy atom. The van der Waals surface area contributed by atoms with Crippen molar-refractivity contribution in [2.24, 2.45) is 4.99 Å². The number of hydrogen-bond acceptors (Lipinski definition) is 5. The number of aryl methyl sites for hydroxylation is 1. The molecule has 0 radical (unpaired) electrons. The van der Waals surface area contributed by atoms with E-state index in [9.17, 15) is 14.4 Å². The number of para-hydroxylation sites is 1. The summed E-state index contributed by atoms with van der Waals surface area (Å²) in [5.74, 6) is -0.884. The summed E-state index contributed by atoms with van der Waals surface area (Å²) in [6, 6.07) is 12.2. The van der Waals surface area contributed by atoms with Crippen molar-refractivity contribution < 1.29 is 19.1 Å². The molecular formula is C21H20N2O4S. The Morgan fingerprint density at radius 3 is 2.39 bits per heavy atom. The van der Waals surface area contributed by atoms with Gasteiger partial charge in [-0.3, -0.25) is 14.4 Å². The number of nitrogens with zero attached hydrogens (tertiary/aromatic N) is 2. The lowest BCUT2D eigenvalue weighted by molar-refractivity contribution is -0.143. The van der Waals surface area contributed by atoms with Crippen LogP contribution >= 0.6 is 11.3 Å². The first kappa shape index (κ1) is 19.7. The number of ketones is 1. The molecule has 0 saturated heterocycles. The minimum atomic E-state index is -0.433. The minimum absolute atomic E-state index is 0.0198. The van der Waals surface area contributed by atoms with Gasteiger partial charge in [-0.1, -0.05) is 35.6 Å². The Hall–Kier alpha value is -3.06. The fraction of sp³-hybridized carbons (Fsp3) is 0.238. The molecule has 0 N–H and O–H groups in total. The molecule has 0 spiro atoms. The second-order valence-electron chi connectivity index (χ2n) is 6.25. The molecule has 3 aromatic rings. The minimum Gasteiger partial charge on any atom is -0.465 e. The third-order valence-corrected chi connectivity index (χ3v) is 5.27. The molecule has 1 heterocycles. The number of amides is 1. The molecule has 0 unspecified atom stereocenters. The van der Waals surface area contributed by atoms with E-state index in [0.717, 1.165) is 15.8 Å². The number of fused-ring (bicyclic) bond motifs is 1. The van der Waals surface area contributed by atoms with E-state index < -0.39 is 5.91 Å². The zero-order chi connectivity index (χ0) is 20.3. The normalized spacial score (nSPS) is 11.6. The highest BCUT2D eigenvalue weighted by Gasteiger charge is 2.14. The first-order valence-corrected chi connectivity index (χ1v) is 9.67. The number of hydrogen-bond donors (Lipinski definition) is 0.